The first-order chi connectivity index (χ1) is 8.95. The molecule has 1 unspecified atom stereocenters. The van der Waals surface area contributed by atoms with Gasteiger partial charge in [0, 0.05) is 16.6 Å². The summed E-state index contributed by atoms with van der Waals surface area (Å²) >= 11 is 3.22. The zero-order chi connectivity index (χ0) is 14.0. The van der Waals surface area contributed by atoms with Crippen LogP contribution in [-0.2, 0) is 6.42 Å². The Labute approximate surface area is 117 Å². The molecule has 2 N–H and O–H groups in total. The number of hydrogen-bond donors (Lipinski definition) is 1. The largest absolute Gasteiger partial charge is 0.324 e. The summed E-state index contributed by atoms with van der Waals surface area (Å²) in [5.41, 5.74) is 7.13. The Hall–Kier alpha value is -1.33. The van der Waals surface area contributed by atoms with Gasteiger partial charge in [-0.1, -0.05) is 22.0 Å². The van der Waals surface area contributed by atoms with Crippen LogP contribution in [0.1, 0.15) is 17.2 Å². The predicted molar refractivity (Wildman–Crippen MR) is 71.1 cm³/mol. The van der Waals surface area contributed by atoms with E-state index in [0.717, 1.165) is 6.07 Å². The average molecular weight is 330 g/mol. The maximum absolute atomic E-state index is 13.1. The highest BCUT2D eigenvalue weighted by Crippen LogP contribution is 2.25. The first-order valence-corrected chi connectivity index (χ1v) is 6.40. The van der Waals surface area contributed by atoms with Crippen molar-refractivity contribution in [1.29, 1.82) is 0 Å². The second kappa shape index (κ2) is 5.75. The molecular formula is C14H11BrF3N. The minimum Gasteiger partial charge on any atom is -0.324 e. The van der Waals surface area contributed by atoms with Crippen molar-refractivity contribution in [2.45, 2.75) is 12.5 Å². The van der Waals surface area contributed by atoms with Gasteiger partial charge in [-0.05, 0) is 41.8 Å². The molecule has 5 heteroatoms. The minimum absolute atomic E-state index is 0.263. The lowest BCUT2D eigenvalue weighted by Gasteiger charge is -2.14. The van der Waals surface area contributed by atoms with E-state index >= 15 is 0 Å². The summed E-state index contributed by atoms with van der Waals surface area (Å²) in [7, 11) is 0. The second-order valence-corrected chi connectivity index (χ2v) is 5.11. The third-order valence-corrected chi connectivity index (χ3v) is 3.43. The molecular weight excluding hydrogens is 319 g/mol. The normalized spacial score (nSPS) is 12.5. The van der Waals surface area contributed by atoms with E-state index in [1.54, 1.807) is 6.07 Å². The van der Waals surface area contributed by atoms with Gasteiger partial charge in [-0.25, -0.2) is 13.2 Å². The minimum atomic E-state index is -0.639. The van der Waals surface area contributed by atoms with Gasteiger partial charge in [-0.15, -0.1) is 0 Å². The standard InChI is InChI=1S/C14H11BrF3N/c15-13-7-9(16)1-2-12(13)14(19)5-8-3-10(17)6-11(18)4-8/h1-4,6-7,14H,5,19H2. The van der Waals surface area contributed by atoms with E-state index in [4.69, 9.17) is 5.73 Å². The Morgan fingerprint density at radius 1 is 0.947 bits per heavy atom. The van der Waals surface area contributed by atoms with E-state index < -0.39 is 17.7 Å². The van der Waals surface area contributed by atoms with Crippen molar-refractivity contribution in [3.8, 4) is 0 Å². The molecule has 0 aromatic heterocycles. The van der Waals surface area contributed by atoms with Crippen LogP contribution in [0.5, 0.6) is 0 Å². The predicted octanol–water partition coefficient (Wildman–Crippen LogP) is 4.11. The van der Waals surface area contributed by atoms with E-state index in [-0.39, 0.29) is 12.2 Å². The lowest BCUT2D eigenvalue weighted by molar-refractivity contribution is 0.576. The van der Waals surface area contributed by atoms with E-state index in [0.29, 0.717) is 15.6 Å². The fourth-order valence-electron chi connectivity index (χ4n) is 1.89. The number of hydrogen-bond acceptors (Lipinski definition) is 1. The lowest BCUT2D eigenvalue weighted by Crippen LogP contribution is -2.14. The van der Waals surface area contributed by atoms with E-state index in [9.17, 15) is 13.2 Å². The molecule has 0 heterocycles. The van der Waals surface area contributed by atoms with Gasteiger partial charge >= 0.3 is 0 Å². The van der Waals surface area contributed by atoms with Gasteiger partial charge in [0.05, 0.1) is 0 Å². The number of halogens is 4. The molecule has 0 aliphatic rings. The Morgan fingerprint density at radius 2 is 1.58 bits per heavy atom. The average Bonchev–Trinajstić information content (AvgIpc) is 2.26. The van der Waals surface area contributed by atoms with Crippen LogP contribution in [0.15, 0.2) is 40.9 Å². The SMILES string of the molecule is NC(Cc1cc(F)cc(F)c1)c1ccc(F)cc1Br. The molecule has 2 rings (SSSR count). The Morgan fingerprint density at radius 3 is 2.16 bits per heavy atom. The molecule has 2 aromatic rings. The summed E-state index contributed by atoms with van der Waals surface area (Å²) in [5, 5.41) is 0. The molecule has 0 bridgehead atoms. The van der Waals surface area contributed by atoms with Crippen molar-refractivity contribution in [1.82, 2.24) is 0 Å². The van der Waals surface area contributed by atoms with E-state index in [1.165, 1.54) is 24.3 Å². The van der Waals surface area contributed by atoms with Gasteiger partial charge in [0.1, 0.15) is 17.5 Å². The van der Waals surface area contributed by atoms with Crippen molar-refractivity contribution < 1.29 is 13.2 Å². The molecule has 0 fully saturated rings. The first kappa shape index (κ1) is 14.1. The first-order valence-electron chi connectivity index (χ1n) is 5.61. The quantitative estimate of drug-likeness (QED) is 0.901. The maximum Gasteiger partial charge on any atom is 0.126 e. The molecule has 1 atom stereocenters. The smallest absolute Gasteiger partial charge is 0.126 e. The third kappa shape index (κ3) is 3.58. The van der Waals surface area contributed by atoms with Crippen LogP contribution in [0.2, 0.25) is 0 Å². The maximum atomic E-state index is 13.1. The third-order valence-electron chi connectivity index (χ3n) is 2.74. The lowest BCUT2D eigenvalue weighted by atomic mass is 9.99. The highest BCUT2D eigenvalue weighted by Gasteiger charge is 2.12. The van der Waals surface area contributed by atoms with Gasteiger partial charge in [0.2, 0.25) is 0 Å². The van der Waals surface area contributed by atoms with E-state index in [1.807, 2.05) is 0 Å². The molecule has 0 radical (unpaired) electrons. The summed E-state index contributed by atoms with van der Waals surface area (Å²) in [5.74, 6) is -1.65. The monoisotopic (exact) mass is 329 g/mol. The van der Waals surface area contributed by atoms with Crippen molar-refractivity contribution in [3.05, 3.63) is 69.4 Å². The summed E-state index contributed by atoms with van der Waals surface area (Å²) in [6, 6.07) is 6.97. The molecule has 0 saturated carbocycles. The summed E-state index contributed by atoms with van der Waals surface area (Å²) < 4.78 is 39.7. The number of nitrogens with two attached hydrogens (primary N) is 1. The second-order valence-electron chi connectivity index (χ2n) is 4.25. The van der Waals surface area contributed by atoms with Crippen molar-refractivity contribution in [2.24, 2.45) is 5.73 Å². The Kier molecular flexibility index (Phi) is 4.27. The van der Waals surface area contributed by atoms with Crippen LogP contribution in [0.25, 0.3) is 0 Å². The van der Waals surface area contributed by atoms with Gasteiger partial charge in [-0.3, -0.25) is 0 Å². The molecule has 0 aliphatic carbocycles. The van der Waals surface area contributed by atoms with Crippen LogP contribution < -0.4 is 5.73 Å². The molecule has 19 heavy (non-hydrogen) atoms. The molecule has 0 spiro atoms. The topological polar surface area (TPSA) is 26.0 Å². The highest BCUT2D eigenvalue weighted by molar-refractivity contribution is 9.10. The fourth-order valence-corrected chi connectivity index (χ4v) is 2.54. The van der Waals surface area contributed by atoms with Crippen LogP contribution in [-0.4, -0.2) is 0 Å². The molecule has 1 nitrogen and oxygen atoms in total. The van der Waals surface area contributed by atoms with Gasteiger partial charge in [0.25, 0.3) is 0 Å². The summed E-state index contributed by atoms with van der Waals surface area (Å²) in [6.07, 6.45) is 0.263. The van der Waals surface area contributed by atoms with Crippen molar-refractivity contribution in [2.75, 3.05) is 0 Å². The van der Waals surface area contributed by atoms with Gasteiger partial charge in [-0.2, -0.15) is 0 Å². The molecule has 0 amide bonds. The summed E-state index contributed by atoms with van der Waals surface area (Å²) in [6.45, 7) is 0. The zero-order valence-corrected chi connectivity index (χ0v) is 11.4. The zero-order valence-electron chi connectivity index (χ0n) is 9.84. The number of benzene rings is 2. The van der Waals surface area contributed by atoms with Crippen LogP contribution >= 0.6 is 15.9 Å². The fraction of sp³-hybridized carbons (Fsp3) is 0.143. The highest BCUT2D eigenvalue weighted by atomic mass is 79.9. The van der Waals surface area contributed by atoms with Crippen LogP contribution in [0.4, 0.5) is 13.2 Å². The molecule has 100 valence electrons. The number of rotatable bonds is 3. The molecule has 2 aromatic carbocycles. The Balaban J connectivity index is 2.22. The van der Waals surface area contributed by atoms with Crippen molar-refractivity contribution >= 4 is 15.9 Å². The van der Waals surface area contributed by atoms with Crippen LogP contribution in [0.3, 0.4) is 0 Å². The van der Waals surface area contributed by atoms with Gasteiger partial charge < -0.3 is 5.73 Å². The molecule has 0 aliphatic heterocycles. The van der Waals surface area contributed by atoms with E-state index in [2.05, 4.69) is 15.9 Å². The summed E-state index contributed by atoms with van der Waals surface area (Å²) in [4.78, 5) is 0. The van der Waals surface area contributed by atoms with Crippen molar-refractivity contribution in [3.63, 3.8) is 0 Å². The van der Waals surface area contributed by atoms with Crippen LogP contribution in [0, 0.1) is 17.5 Å². The van der Waals surface area contributed by atoms with Gasteiger partial charge in [0.15, 0.2) is 0 Å². The molecule has 0 saturated heterocycles. The Bertz CT molecular complexity index is 581.